The number of nitrogens with zero attached hydrogens (tertiary/aromatic N) is 5. The van der Waals surface area contributed by atoms with Crippen LogP contribution in [0, 0.1) is 0 Å². The molecule has 7 nitrogen and oxygen atoms in total. The van der Waals surface area contributed by atoms with Crippen molar-refractivity contribution in [2.24, 2.45) is 7.05 Å². The maximum atomic E-state index is 11.6. The summed E-state index contributed by atoms with van der Waals surface area (Å²) in [6.07, 6.45) is 8.94. The second-order valence-electron chi connectivity index (χ2n) is 7.33. The molecule has 7 heteroatoms. The molecule has 3 heterocycles. The highest BCUT2D eigenvalue weighted by molar-refractivity contribution is 5.41. The largest absolute Gasteiger partial charge is 0.368 e. The Kier molecular flexibility index (Phi) is 4.86. The van der Waals surface area contributed by atoms with E-state index < -0.39 is 0 Å². The maximum Gasteiger partial charge on any atom is 0.266 e. The molecule has 4 rings (SSSR count). The zero-order valence-corrected chi connectivity index (χ0v) is 15.3. The van der Waals surface area contributed by atoms with Gasteiger partial charge in [-0.15, -0.1) is 0 Å². The highest BCUT2D eigenvalue weighted by Gasteiger charge is 2.25. The van der Waals surface area contributed by atoms with Gasteiger partial charge in [0, 0.05) is 49.9 Å². The Morgan fingerprint density at radius 3 is 2.81 bits per heavy atom. The van der Waals surface area contributed by atoms with Crippen molar-refractivity contribution in [1.82, 2.24) is 19.7 Å². The van der Waals surface area contributed by atoms with Crippen molar-refractivity contribution in [3.8, 4) is 0 Å². The van der Waals surface area contributed by atoms with Gasteiger partial charge in [-0.25, -0.2) is 14.6 Å². The predicted octanol–water partition coefficient (Wildman–Crippen LogP) is 2.31. The lowest BCUT2D eigenvalue weighted by Crippen LogP contribution is -2.45. The molecule has 0 spiro atoms. The lowest BCUT2D eigenvalue weighted by Gasteiger charge is -2.36. The standard InChI is InChI=1S/C19H26N6O/c1-24-19(26)9-8-18(23-24)25-10-3-2-7-15(25)12-20-17-11-16(21-13-22-17)14-5-4-6-14/h8-9,11,13-15H,2-7,10,12H2,1H3,(H,20,21,22). The van der Waals surface area contributed by atoms with Crippen LogP contribution in [-0.4, -0.2) is 38.9 Å². The van der Waals surface area contributed by atoms with E-state index in [-0.39, 0.29) is 5.56 Å². The minimum atomic E-state index is -0.0788. The Morgan fingerprint density at radius 2 is 2.04 bits per heavy atom. The molecule has 0 amide bonds. The first-order valence-corrected chi connectivity index (χ1v) is 9.57. The average Bonchev–Trinajstić information content (AvgIpc) is 2.62. The van der Waals surface area contributed by atoms with E-state index >= 15 is 0 Å². The molecule has 1 aliphatic heterocycles. The molecule has 1 N–H and O–H groups in total. The molecule has 2 aromatic heterocycles. The van der Waals surface area contributed by atoms with Gasteiger partial charge in [0.05, 0.1) is 0 Å². The van der Waals surface area contributed by atoms with Crippen molar-refractivity contribution < 1.29 is 0 Å². The van der Waals surface area contributed by atoms with Crippen LogP contribution in [0.4, 0.5) is 11.6 Å². The summed E-state index contributed by atoms with van der Waals surface area (Å²) in [7, 11) is 1.70. The third-order valence-corrected chi connectivity index (χ3v) is 5.60. The molecule has 0 radical (unpaired) electrons. The van der Waals surface area contributed by atoms with Crippen LogP contribution in [0.5, 0.6) is 0 Å². The average molecular weight is 354 g/mol. The Hall–Kier alpha value is -2.44. The van der Waals surface area contributed by atoms with Crippen LogP contribution in [0.25, 0.3) is 0 Å². The summed E-state index contributed by atoms with van der Waals surface area (Å²) >= 11 is 0. The van der Waals surface area contributed by atoms with E-state index in [9.17, 15) is 4.79 Å². The fraction of sp³-hybridized carbons (Fsp3) is 0.579. The molecule has 1 saturated heterocycles. The summed E-state index contributed by atoms with van der Waals surface area (Å²) < 4.78 is 1.41. The van der Waals surface area contributed by atoms with Gasteiger partial charge in [-0.2, -0.15) is 5.10 Å². The molecular weight excluding hydrogens is 328 g/mol. The van der Waals surface area contributed by atoms with Crippen LogP contribution in [-0.2, 0) is 7.05 Å². The number of aromatic nitrogens is 4. The second kappa shape index (κ2) is 7.43. The van der Waals surface area contributed by atoms with Crippen molar-refractivity contribution >= 4 is 11.6 Å². The molecule has 0 aromatic carbocycles. The van der Waals surface area contributed by atoms with Crippen LogP contribution >= 0.6 is 0 Å². The molecule has 1 atom stereocenters. The van der Waals surface area contributed by atoms with Gasteiger partial charge in [0.25, 0.3) is 5.56 Å². The van der Waals surface area contributed by atoms with Crippen molar-refractivity contribution in [2.75, 3.05) is 23.3 Å². The quantitative estimate of drug-likeness (QED) is 0.888. The molecule has 0 bridgehead atoms. The number of aryl methyl sites for hydroxylation is 1. The van der Waals surface area contributed by atoms with Gasteiger partial charge < -0.3 is 10.2 Å². The van der Waals surface area contributed by atoms with E-state index in [0.29, 0.717) is 12.0 Å². The topological polar surface area (TPSA) is 75.9 Å². The fourth-order valence-corrected chi connectivity index (χ4v) is 3.78. The zero-order valence-electron chi connectivity index (χ0n) is 15.3. The minimum Gasteiger partial charge on any atom is -0.368 e. The van der Waals surface area contributed by atoms with E-state index in [4.69, 9.17) is 0 Å². The number of nitrogens with one attached hydrogen (secondary N) is 1. The van der Waals surface area contributed by atoms with E-state index in [1.54, 1.807) is 19.4 Å². The molecule has 1 unspecified atom stereocenters. The summed E-state index contributed by atoms with van der Waals surface area (Å²) in [6, 6.07) is 5.87. The van der Waals surface area contributed by atoms with Gasteiger partial charge in [0.1, 0.15) is 18.0 Å². The summed E-state index contributed by atoms with van der Waals surface area (Å²) in [5.41, 5.74) is 1.08. The molecule has 1 aliphatic carbocycles. The molecule has 1 saturated carbocycles. The lowest BCUT2D eigenvalue weighted by atomic mass is 9.83. The highest BCUT2D eigenvalue weighted by atomic mass is 16.1. The van der Waals surface area contributed by atoms with Crippen molar-refractivity contribution in [3.05, 3.63) is 40.6 Å². The number of piperidine rings is 1. The Bertz CT molecular complexity index is 816. The first-order chi connectivity index (χ1) is 12.7. The molecule has 138 valence electrons. The Labute approximate surface area is 153 Å². The molecule has 26 heavy (non-hydrogen) atoms. The molecular formula is C19H26N6O. The fourth-order valence-electron chi connectivity index (χ4n) is 3.78. The third-order valence-electron chi connectivity index (χ3n) is 5.60. The molecule has 2 aromatic rings. The number of hydrogen-bond acceptors (Lipinski definition) is 6. The second-order valence-corrected chi connectivity index (χ2v) is 7.33. The normalized spacial score (nSPS) is 20.7. The van der Waals surface area contributed by atoms with Crippen LogP contribution in [0.2, 0.25) is 0 Å². The van der Waals surface area contributed by atoms with Gasteiger partial charge in [0.15, 0.2) is 0 Å². The number of rotatable bonds is 5. The van der Waals surface area contributed by atoms with Gasteiger partial charge in [-0.1, -0.05) is 6.42 Å². The lowest BCUT2D eigenvalue weighted by molar-refractivity contribution is 0.410. The van der Waals surface area contributed by atoms with E-state index in [0.717, 1.165) is 43.3 Å². The van der Waals surface area contributed by atoms with E-state index in [1.165, 1.54) is 30.4 Å². The van der Waals surface area contributed by atoms with Crippen molar-refractivity contribution in [2.45, 2.75) is 50.5 Å². The first-order valence-electron chi connectivity index (χ1n) is 9.57. The highest BCUT2D eigenvalue weighted by Crippen LogP contribution is 2.35. The Morgan fingerprint density at radius 1 is 1.15 bits per heavy atom. The summed E-state index contributed by atoms with van der Waals surface area (Å²) in [5, 5.41) is 7.93. The van der Waals surface area contributed by atoms with Crippen LogP contribution in [0.15, 0.2) is 29.3 Å². The first kappa shape index (κ1) is 17.0. The van der Waals surface area contributed by atoms with Crippen LogP contribution in [0.3, 0.4) is 0 Å². The zero-order chi connectivity index (χ0) is 17.9. The Balaban J connectivity index is 1.45. The van der Waals surface area contributed by atoms with Crippen molar-refractivity contribution in [1.29, 1.82) is 0 Å². The summed E-state index contributed by atoms with van der Waals surface area (Å²) in [4.78, 5) is 22.7. The van der Waals surface area contributed by atoms with Gasteiger partial charge >= 0.3 is 0 Å². The van der Waals surface area contributed by atoms with Crippen molar-refractivity contribution in [3.63, 3.8) is 0 Å². The third kappa shape index (κ3) is 3.57. The molecule has 2 aliphatic rings. The van der Waals surface area contributed by atoms with Gasteiger partial charge in [-0.05, 0) is 38.2 Å². The number of anilines is 2. The van der Waals surface area contributed by atoms with Crippen LogP contribution < -0.4 is 15.8 Å². The van der Waals surface area contributed by atoms with E-state index in [2.05, 4.69) is 31.3 Å². The number of hydrogen-bond donors (Lipinski definition) is 1. The summed E-state index contributed by atoms with van der Waals surface area (Å²) in [6.45, 7) is 1.78. The monoisotopic (exact) mass is 354 g/mol. The molecule has 2 fully saturated rings. The summed E-state index contributed by atoms with van der Waals surface area (Å²) in [5.74, 6) is 2.39. The SMILES string of the molecule is Cn1nc(N2CCCCC2CNc2cc(C3CCC3)ncn2)ccc1=O. The maximum absolute atomic E-state index is 11.6. The smallest absolute Gasteiger partial charge is 0.266 e. The van der Waals surface area contributed by atoms with Gasteiger partial charge in [0.2, 0.25) is 0 Å². The minimum absolute atomic E-state index is 0.0788. The predicted molar refractivity (Wildman–Crippen MR) is 102 cm³/mol. The van der Waals surface area contributed by atoms with E-state index in [1.807, 2.05) is 6.07 Å². The van der Waals surface area contributed by atoms with Crippen LogP contribution in [0.1, 0.15) is 50.1 Å². The van der Waals surface area contributed by atoms with Gasteiger partial charge in [-0.3, -0.25) is 4.79 Å².